The quantitative estimate of drug-likeness (QED) is 0.869. The molecule has 1 heterocycles. The van der Waals surface area contributed by atoms with Crippen LogP contribution in [-0.4, -0.2) is 22.0 Å². The van der Waals surface area contributed by atoms with E-state index in [1.165, 1.54) is 36.1 Å². The number of thioether (sulfide) groups is 1. The number of hydrogen-bond donors (Lipinski definition) is 1. The molecule has 3 heteroatoms. The number of aromatic nitrogens is 1. The molecule has 0 radical (unpaired) electrons. The summed E-state index contributed by atoms with van der Waals surface area (Å²) in [5, 5.41) is 4.52. The lowest BCUT2D eigenvalue weighted by Gasteiger charge is -2.20. The molecule has 0 saturated heterocycles. The van der Waals surface area contributed by atoms with Crippen molar-refractivity contribution in [3.8, 4) is 0 Å². The Bertz CT molecular complexity index is 354. The first-order valence-corrected chi connectivity index (χ1v) is 7.60. The molecule has 2 rings (SSSR count). The fraction of sp³-hybridized carbons (Fsp3) is 0.643. The van der Waals surface area contributed by atoms with Gasteiger partial charge in [0.15, 0.2) is 0 Å². The van der Waals surface area contributed by atoms with Crippen LogP contribution in [0.1, 0.15) is 37.3 Å². The molecule has 1 saturated carbocycles. The van der Waals surface area contributed by atoms with Crippen LogP contribution in [-0.2, 0) is 6.54 Å². The molecule has 0 amide bonds. The fourth-order valence-corrected chi connectivity index (χ4v) is 3.76. The van der Waals surface area contributed by atoms with E-state index in [1.807, 2.05) is 12.4 Å². The third-order valence-corrected chi connectivity index (χ3v) is 4.66. The van der Waals surface area contributed by atoms with Crippen LogP contribution in [0.3, 0.4) is 0 Å². The summed E-state index contributed by atoms with van der Waals surface area (Å²) in [5.74, 6) is 1.23. The van der Waals surface area contributed by atoms with Gasteiger partial charge in [-0.2, -0.15) is 11.8 Å². The third-order valence-electron chi connectivity index (χ3n) is 3.33. The van der Waals surface area contributed by atoms with Gasteiger partial charge in [-0.05, 0) is 36.6 Å². The van der Waals surface area contributed by atoms with Gasteiger partial charge in [0.2, 0.25) is 0 Å². The molecular weight excluding hydrogens is 228 g/mol. The fourth-order valence-electron chi connectivity index (χ4n) is 2.54. The Hall–Kier alpha value is -0.540. The first-order valence-electron chi connectivity index (χ1n) is 6.55. The van der Waals surface area contributed by atoms with Crippen molar-refractivity contribution in [3.05, 3.63) is 29.6 Å². The van der Waals surface area contributed by atoms with Crippen molar-refractivity contribution < 1.29 is 0 Å². The number of rotatable bonds is 5. The van der Waals surface area contributed by atoms with Gasteiger partial charge in [0.05, 0.1) is 0 Å². The van der Waals surface area contributed by atoms with Crippen LogP contribution in [0.4, 0.5) is 0 Å². The van der Waals surface area contributed by atoms with Crippen LogP contribution < -0.4 is 5.32 Å². The van der Waals surface area contributed by atoms with Gasteiger partial charge in [0.25, 0.3) is 0 Å². The van der Waals surface area contributed by atoms with E-state index >= 15 is 0 Å². The van der Waals surface area contributed by atoms with Crippen molar-refractivity contribution in [1.82, 2.24) is 10.3 Å². The van der Waals surface area contributed by atoms with Gasteiger partial charge < -0.3 is 5.32 Å². The summed E-state index contributed by atoms with van der Waals surface area (Å²) in [4.78, 5) is 4.24. The lowest BCUT2D eigenvalue weighted by atomic mass is 10.2. The van der Waals surface area contributed by atoms with Crippen molar-refractivity contribution in [3.63, 3.8) is 0 Å². The topological polar surface area (TPSA) is 24.9 Å². The van der Waals surface area contributed by atoms with Crippen LogP contribution in [0.5, 0.6) is 0 Å². The third kappa shape index (κ3) is 3.71. The highest BCUT2D eigenvalue weighted by molar-refractivity contribution is 7.99. The van der Waals surface area contributed by atoms with Crippen LogP contribution in [0.15, 0.2) is 18.5 Å². The highest BCUT2D eigenvalue weighted by Gasteiger charge is 2.26. The summed E-state index contributed by atoms with van der Waals surface area (Å²) >= 11 is 2.11. The highest BCUT2D eigenvalue weighted by Crippen LogP contribution is 2.29. The van der Waals surface area contributed by atoms with Crippen LogP contribution in [0.2, 0.25) is 0 Å². The van der Waals surface area contributed by atoms with Crippen LogP contribution in [0, 0.1) is 6.92 Å². The van der Waals surface area contributed by atoms with E-state index in [4.69, 9.17) is 0 Å². The Kier molecular flexibility index (Phi) is 4.86. The number of hydrogen-bond acceptors (Lipinski definition) is 3. The van der Waals surface area contributed by atoms with E-state index in [9.17, 15) is 0 Å². The monoisotopic (exact) mass is 250 g/mol. The zero-order valence-corrected chi connectivity index (χ0v) is 11.6. The summed E-state index contributed by atoms with van der Waals surface area (Å²) in [6.45, 7) is 5.31. The minimum atomic E-state index is 0.695. The summed E-state index contributed by atoms with van der Waals surface area (Å²) in [6.07, 6.45) is 7.96. The van der Waals surface area contributed by atoms with Gasteiger partial charge in [-0.1, -0.05) is 19.4 Å². The molecule has 0 bridgehead atoms. The average molecular weight is 250 g/mol. The van der Waals surface area contributed by atoms with Crippen molar-refractivity contribution in [2.75, 3.05) is 5.75 Å². The Balaban J connectivity index is 1.85. The van der Waals surface area contributed by atoms with Gasteiger partial charge in [0, 0.05) is 30.2 Å². The standard InChI is InChI=1S/C14H22N2S/c1-3-17-14-6-4-5-13(14)16-10-12-7-11(2)8-15-9-12/h7-9,13-14,16H,3-6,10H2,1-2H3. The second-order valence-electron chi connectivity index (χ2n) is 4.78. The van der Waals surface area contributed by atoms with Crippen molar-refractivity contribution >= 4 is 11.8 Å². The largest absolute Gasteiger partial charge is 0.309 e. The SMILES string of the molecule is CCSC1CCCC1NCc1cncc(C)c1. The molecule has 1 aliphatic rings. The van der Waals surface area contributed by atoms with Crippen LogP contribution >= 0.6 is 11.8 Å². The lowest BCUT2D eigenvalue weighted by molar-refractivity contribution is 0.531. The van der Waals surface area contributed by atoms with Crippen molar-refractivity contribution in [2.45, 2.75) is 50.9 Å². The molecule has 1 N–H and O–H groups in total. The Morgan fingerprint density at radius 3 is 3.06 bits per heavy atom. The van der Waals surface area contributed by atoms with Gasteiger partial charge in [-0.15, -0.1) is 0 Å². The van der Waals surface area contributed by atoms with Crippen molar-refractivity contribution in [2.24, 2.45) is 0 Å². The zero-order valence-electron chi connectivity index (χ0n) is 10.8. The number of nitrogens with zero attached hydrogens (tertiary/aromatic N) is 1. The molecule has 1 aromatic heterocycles. The molecule has 2 atom stereocenters. The minimum Gasteiger partial charge on any atom is -0.309 e. The molecule has 17 heavy (non-hydrogen) atoms. The molecular formula is C14H22N2S. The molecule has 2 nitrogen and oxygen atoms in total. The Morgan fingerprint density at radius 1 is 1.41 bits per heavy atom. The Morgan fingerprint density at radius 2 is 2.29 bits per heavy atom. The summed E-state index contributed by atoms with van der Waals surface area (Å²) in [5.41, 5.74) is 2.55. The van der Waals surface area contributed by atoms with E-state index in [1.54, 1.807) is 0 Å². The maximum absolute atomic E-state index is 4.24. The summed E-state index contributed by atoms with van der Waals surface area (Å²) < 4.78 is 0. The second kappa shape index (κ2) is 6.41. The first kappa shape index (κ1) is 12.9. The number of aryl methyl sites for hydroxylation is 1. The van der Waals surface area contributed by atoms with Gasteiger partial charge >= 0.3 is 0 Å². The average Bonchev–Trinajstić information content (AvgIpc) is 2.75. The van der Waals surface area contributed by atoms with Gasteiger partial charge in [0.1, 0.15) is 0 Å². The van der Waals surface area contributed by atoms with E-state index in [0.29, 0.717) is 6.04 Å². The van der Waals surface area contributed by atoms with Gasteiger partial charge in [-0.25, -0.2) is 0 Å². The smallest absolute Gasteiger partial charge is 0.0313 e. The normalized spacial score (nSPS) is 24.1. The van der Waals surface area contributed by atoms with E-state index in [2.05, 4.69) is 42.0 Å². The first-order chi connectivity index (χ1) is 8.29. The molecule has 94 valence electrons. The molecule has 0 spiro atoms. The lowest BCUT2D eigenvalue weighted by Crippen LogP contribution is -2.33. The number of pyridine rings is 1. The summed E-state index contributed by atoms with van der Waals surface area (Å²) in [6, 6.07) is 2.91. The predicted octanol–water partition coefficient (Wildman–Crippen LogP) is 3.15. The molecule has 1 fully saturated rings. The highest BCUT2D eigenvalue weighted by atomic mass is 32.2. The van der Waals surface area contributed by atoms with Gasteiger partial charge in [-0.3, -0.25) is 4.98 Å². The van der Waals surface area contributed by atoms with Crippen molar-refractivity contribution in [1.29, 1.82) is 0 Å². The maximum atomic E-state index is 4.24. The zero-order chi connectivity index (χ0) is 12.1. The molecule has 0 aliphatic heterocycles. The molecule has 1 aromatic rings. The Labute approximate surface area is 109 Å². The molecule has 1 aliphatic carbocycles. The second-order valence-corrected chi connectivity index (χ2v) is 6.30. The summed E-state index contributed by atoms with van der Waals surface area (Å²) in [7, 11) is 0. The van der Waals surface area contributed by atoms with E-state index in [-0.39, 0.29) is 0 Å². The number of nitrogens with one attached hydrogen (secondary N) is 1. The minimum absolute atomic E-state index is 0.695. The maximum Gasteiger partial charge on any atom is 0.0313 e. The molecule has 2 unspecified atom stereocenters. The van der Waals surface area contributed by atoms with E-state index < -0.39 is 0 Å². The predicted molar refractivity (Wildman–Crippen MR) is 75.4 cm³/mol. The molecule has 0 aromatic carbocycles. The van der Waals surface area contributed by atoms with E-state index in [0.717, 1.165) is 11.8 Å². The van der Waals surface area contributed by atoms with Crippen LogP contribution in [0.25, 0.3) is 0 Å².